The maximum Gasteiger partial charge on any atom is 0.237 e. The topological polar surface area (TPSA) is 54.4 Å². The van der Waals surface area contributed by atoms with Crippen LogP contribution in [0.4, 0.5) is 5.69 Å². The molecule has 0 radical (unpaired) electrons. The molecule has 3 aromatic rings. The molecule has 4 rings (SSSR count). The summed E-state index contributed by atoms with van der Waals surface area (Å²) >= 11 is 5.01. The molecule has 0 saturated carbocycles. The molecule has 1 amide bonds. The van der Waals surface area contributed by atoms with E-state index >= 15 is 0 Å². The Morgan fingerprint density at radius 2 is 2.07 bits per heavy atom. The minimum absolute atomic E-state index is 0.0333. The summed E-state index contributed by atoms with van der Waals surface area (Å²) in [4.78, 5) is 21.8. The SMILES string of the molecule is CC[C@H](SC1=NCCS1)C(=O)Nc1ccc(-c2nc3ccc(C)cc3s2)cc1. The summed E-state index contributed by atoms with van der Waals surface area (Å²) in [6.07, 6.45) is 0.777. The van der Waals surface area contributed by atoms with Gasteiger partial charge in [-0.25, -0.2) is 4.98 Å². The molecule has 1 atom stereocenters. The second-order valence-corrected chi connectivity index (χ2v) is 10.1. The smallest absolute Gasteiger partial charge is 0.237 e. The lowest BCUT2D eigenvalue weighted by molar-refractivity contribution is -0.115. The first kappa shape index (κ1) is 19.5. The van der Waals surface area contributed by atoms with Crippen molar-refractivity contribution >= 4 is 61.0 Å². The number of hydrogen-bond donors (Lipinski definition) is 1. The van der Waals surface area contributed by atoms with Crippen molar-refractivity contribution in [3.8, 4) is 10.6 Å². The zero-order chi connectivity index (χ0) is 19.5. The van der Waals surface area contributed by atoms with Gasteiger partial charge in [-0.05, 0) is 55.3 Å². The number of rotatable bonds is 5. The van der Waals surface area contributed by atoms with Crippen LogP contribution in [0.2, 0.25) is 0 Å². The Labute approximate surface area is 177 Å². The summed E-state index contributed by atoms with van der Waals surface area (Å²) in [5.41, 5.74) is 4.14. The second-order valence-electron chi connectivity index (χ2n) is 6.57. The Kier molecular flexibility index (Phi) is 6.04. The molecule has 144 valence electrons. The Bertz CT molecular complexity index is 1030. The number of carbonyl (C=O) groups excluding carboxylic acids is 1. The summed E-state index contributed by atoms with van der Waals surface area (Å²) in [7, 11) is 0. The molecule has 0 bridgehead atoms. The highest BCUT2D eigenvalue weighted by molar-refractivity contribution is 8.39. The van der Waals surface area contributed by atoms with E-state index in [0.717, 1.165) is 44.9 Å². The fraction of sp³-hybridized carbons (Fsp3) is 0.286. The maximum atomic E-state index is 12.6. The van der Waals surface area contributed by atoms with Crippen molar-refractivity contribution in [2.24, 2.45) is 4.99 Å². The minimum atomic E-state index is -0.114. The molecule has 1 aromatic heterocycles. The van der Waals surface area contributed by atoms with E-state index in [1.807, 2.05) is 31.2 Å². The first-order chi connectivity index (χ1) is 13.6. The summed E-state index contributed by atoms with van der Waals surface area (Å²) in [6, 6.07) is 14.3. The third-order valence-corrected chi connectivity index (χ3v) is 8.04. The molecule has 4 nitrogen and oxygen atoms in total. The number of anilines is 1. The molecular weight excluding hydrogens is 406 g/mol. The van der Waals surface area contributed by atoms with Crippen LogP contribution in [0.5, 0.6) is 0 Å². The van der Waals surface area contributed by atoms with Gasteiger partial charge >= 0.3 is 0 Å². The van der Waals surface area contributed by atoms with E-state index in [1.165, 1.54) is 10.3 Å². The number of benzene rings is 2. The largest absolute Gasteiger partial charge is 0.325 e. The van der Waals surface area contributed by atoms with Gasteiger partial charge in [0.1, 0.15) is 9.38 Å². The first-order valence-corrected chi connectivity index (χ1v) is 11.9. The zero-order valence-electron chi connectivity index (χ0n) is 15.8. The van der Waals surface area contributed by atoms with Crippen molar-refractivity contribution in [2.45, 2.75) is 25.5 Å². The van der Waals surface area contributed by atoms with Gasteiger partial charge in [0.15, 0.2) is 0 Å². The van der Waals surface area contributed by atoms with Crippen LogP contribution in [0.1, 0.15) is 18.9 Å². The van der Waals surface area contributed by atoms with Crippen molar-refractivity contribution in [2.75, 3.05) is 17.6 Å². The molecule has 0 fully saturated rings. The van der Waals surface area contributed by atoms with Crippen LogP contribution in [0.25, 0.3) is 20.8 Å². The van der Waals surface area contributed by atoms with E-state index in [0.29, 0.717) is 0 Å². The normalized spacial score (nSPS) is 14.9. The molecular formula is C21H21N3OS3. The van der Waals surface area contributed by atoms with E-state index in [9.17, 15) is 4.79 Å². The molecule has 0 aliphatic carbocycles. The van der Waals surface area contributed by atoms with Gasteiger partial charge in [-0.1, -0.05) is 36.5 Å². The number of thiazole rings is 1. The lowest BCUT2D eigenvalue weighted by atomic mass is 10.2. The number of fused-ring (bicyclic) bond motifs is 1. The number of thioether (sulfide) groups is 2. The number of nitrogens with zero attached hydrogens (tertiary/aromatic N) is 2. The van der Waals surface area contributed by atoms with E-state index in [4.69, 9.17) is 4.98 Å². The zero-order valence-corrected chi connectivity index (χ0v) is 18.2. The highest BCUT2D eigenvalue weighted by Gasteiger charge is 2.21. The highest BCUT2D eigenvalue weighted by Crippen LogP contribution is 2.32. The predicted molar refractivity (Wildman–Crippen MR) is 125 cm³/mol. The fourth-order valence-electron chi connectivity index (χ4n) is 2.90. The third-order valence-electron chi connectivity index (χ3n) is 4.41. The summed E-state index contributed by atoms with van der Waals surface area (Å²) < 4.78 is 2.23. The lowest BCUT2D eigenvalue weighted by Crippen LogP contribution is -2.25. The Morgan fingerprint density at radius 1 is 1.25 bits per heavy atom. The quantitative estimate of drug-likeness (QED) is 0.557. The van der Waals surface area contributed by atoms with Crippen LogP contribution >= 0.6 is 34.9 Å². The monoisotopic (exact) mass is 427 g/mol. The second kappa shape index (κ2) is 8.68. The van der Waals surface area contributed by atoms with Gasteiger partial charge in [-0.15, -0.1) is 11.3 Å². The third kappa shape index (κ3) is 4.42. The van der Waals surface area contributed by atoms with E-state index in [2.05, 4.69) is 35.4 Å². The van der Waals surface area contributed by atoms with Crippen molar-refractivity contribution < 1.29 is 4.79 Å². The molecule has 7 heteroatoms. The molecule has 1 N–H and O–H groups in total. The molecule has 1 aliphatic heterocycles. The van der Waals surface area contributed by atoms with Crippen LogP contribution in [0, 0.1) is 6.92 Å². The fourth-order valence-corrected chi connectivity index (χ4v) is 6.13. The van der Waals surface area contributed by atoms with Gasteiger partial charge in [-0.3, -0.25) is 9.79 Å². The van der Waals surface area contributed by atoms with Crippen LogP contribution in [0.3, 0.4) is 0 Å². The van der Waals surface area contributed by atoms with Gasteiger partial charge < -0.3 is 5.32 Å². The van der Waals surface area contributed by atoms with E-state index in [1.54, 1.807) is 34.9 Å². The number of aromatic nitrogens is 1. The van der Waals surface area contributed by atoms with Crippen molar-refractivity contribution in [1.29, 1.82) is 0 Å². The van der Waals surface area contributed by atoms with Crippen LogP contribution in [-0.4, -0.2) is 32.8 Å². The summed E-state index contributed by atoms with van der Waals surface area (Å²) in [6.45, 7) is 4.99. The number of carbonyl (C=O) groups is 1. The van der Waals surface area contributed by atoms with Gasteiger partial charge in [0.25, 0.3) is 0 Å². The van der Waals surface area contributed by atoms with Crippen molar-refractivity contribution in [3.63, 3.8) is 0 Å². The van der Waals surface area contributed by atoms with Gasteiger partial charge in [0.05, 0.1) is 22.0 Å². The minimum Gasteiger partial charge on any atom is -0.325 e. The van der Waals surface area contributed by atoms with Gasteiger partial charge in [-0.2, -0.15) is 0 Å². The Morgan fingerprint density at radius 3 is 2.79 bits per heavy atom. The maximum absolute atomic E-state index is 12.6. The van der Waals surface area contributed by atoms with Gasteiger partial charge in [0.2, 0.25) is 5.91 Å². The van der Waals surface area contributed by atoms with Gasteiger partial charge in [0, 0.05) is 17.0 Å². The first-order valence-electron chi connectivity index (χ1n) is 9.25. The molecule has 28 heavy (non-hydrogen) atoms. The average molecular weight is 428 g/mol. The molecule has 0 spiro atoms. The molecule has 1 aliphatic rings. The predicted octanol–water partition coefficient (Wildman–Crippen LogP) is 5.82. The number of aryl methyl sites for hydroxylation is 1. The van der Waals surface area contributed by atoms with Crippen LogP contribution < -0.4 is 5.32 Å². The molecule has 0 saturated heterocycles. The van der Waals surface area contributed by atoms with Crippen molar-refractivity contribution in [3.05, 3.63) is 48.0 Å². The highest BCUT2D eigenvalue weighted by atomic mass is 32.2. The number of amides is 1. The number of hydrogen-bond acceptors (Lipinski definition) is 6. The summed E-state index contributed by atoms with van der Waals surface area (Å²) in [5, 5.41) is 3.92. The van der Waals surface area contributed by atoms with Crippen LogP contribution in [-0.2, 0) is 4.79 Å². The molecule has 2 aromatic carbocycles. The number of nitrogens with one attached hydrogen (secondary N) is 1. The Hall–Kier alpha value is -1.83. The standard InChI is InChI=1S/C21H21N3OS3/c1-3-17(28-21-22-10-11-26-21)19(25)23-15-7-5-14(6-8-15)20-24-16-9-4-13(2)12-18(16)27-20/h4-9,12,17H,3,10-11H2,1-2H3,(H,23,25)/t17-/m0/s1. The van der Waals surface area contributed by atoms with Crippen molar-refractivity contribution in [1.82, 2.24) is 4.98 Å². The average Bonchev–Trinajstić information content (AvgIpc) is 3.35. The lowest BCUT2D eigenvalue weighted by Gasteiger charge is -2.14. The summed E-state index contributed by atoms with van der Waals surface area (Å²) in [5.74, 6) is 1.05. The van der Waals surface area contributed by atoms with E-state index < -0.39 is 0 Å². The Balaban J connectivity index is 1.45. The molecule has 2 heterocycles. The van der Waals surface area contributed by atoms with Crippen LogP contribution in [0.15, 0.2) is 47.5 Å². The molecule has 0 unspecified atom stereocenters. The number of aliphatic imine (C=N–C) groups is 1. The van der Waals surface area contributed by atoms with E-state index in [-0.39, 0.29) is 11.2 Å².